The largest absolute Gasteiger partial charge is 0.309 e. The highest BCUT2D eigenvalue weighted by atomic mass is 15.2. The normalized spacial score (nSPS) is 27.0. The van der Waals surface area contributed by atoms with E-state index in [4.69, 9.17) is 0 Å². The molecule has 2 nitrogen and oxygen atoms in total. The van der Waals surface area contributed by atoms with Gasteiger partial charge >= 0.3 is 0 Å². The molecular formula is C19H32N2. The topological polar surface area (TPSA) is 15.3 Å². The smallest absolute Gasteiger partial charge is 0.0278 e. The Bertz CT molecular complexity index is 469. The predicted octanol–water partition coefficient (Wildman–Crippen LogP) is 4.05. The lowest BCUT2D eigenvalue weighted by Gasteiger charge is -2.46. The first-order chi connectivity index (χ1) is 9.97. The average Bonchev–Trinajstić information content (AvgIpc) is 2.46. The molecule has 2 rings (SSSR count). The molecule has 1 aromatic carbocycles. The molecule has 0 saturated carbocycles. The fourth-order valence-corrected chi connectivity index (χ4v) is 3.30. The maximum absolute atomic E-state index is 3.77. The summed E-state index contributed by atoms with van der Waals surface area (Å²) in [7, 11) is 0. The van der Waals surface area contributed by atoms with Crippen LogP contribution in [0.3, 0.4) is 0 Å². The lowest BCUT2D eigenvalue weighted by atomic mass is 9.91. The molecule has 0 spiro atoms. The first-order valence-corrected chi connectivity index (χ1v) is 8.52. The van der Waals surface area contributed by atoms with Gasteiger partial charge in [-0.25, -0.2) is 0 Å². The zero-order chi connectivity index (χ0) is 15.5. The molecule has 0 aromatic heterocycles. The van der Waals surface area contributed by atoms with Crippen LogP contribution in [-0.4, -0.2) is 29.6 Å². The van der Waals surface area contributed by atoms with Crippen LogP contribution in [0.25, 0.3) is 0 Å². The second-order valence-corrected chi connectivity index (χ2v) is 7.06. The highest BCUT2D eigenvalue weighted by Gasteiger charge is 2.33. The number of aryl methyl sites for hydroxylation is 2. The summed E-state index contributed by atoms with van der Waals surface area (Å²) in [6.07, 6.45) is 3.74. The number of benzene rings is 1. The minimum absolute atomic E-state index is 0.268. The number of piperazine rings is 1. The summed E-state index contributed by atoms with van der Waals surface area (Å²) in [5.74, 6) is 0. The van der Waals surface area contributed by atoms with Crippen molar-refractivity contribution in [2.24, 2.45) is 0 Å². The van der Waals surface area contributed by atoms with E-state index in [0.29, 0.717) is 6.04 Å². The summed E-state index contributed by atoms with van der Waals surface area (Å²) in [5.41, 5.74) is 4.53. The molecule has 0 radical (unpaired) electrons. The molecule has 2 heteroatoms. The molecule has 118 valence electrons. The summed E-state index contributed by atoms with van der Waals surface area (Å²) < 4.78 is 0. The highest BCUT2D eigenvalue weighted by Crippen LogP contribution is 2.23. The SMILES string of the molecule is CCCC1CNC(C)(CC)CN1Cc1ccc(C)c(C)c1. The van der Waals surface area contributed by atoms with Crippen LogP contribution in [0.4, 0.5) is 0 Å². The zero-order valence-corrected chi connectivity index (χ0v) is 14.5. The van der Waals surface area contributed by atoms with E-state index in [-0.39, 0.29) is 5.54 Å². The second kappa shape index (κ2) is 6.93. The number of nitrogens with one attached hydrogen (secondary N) is 1. The van der Waals surface area contributed by atoms with Crippen LogP contribution in [0.5, 0.6) is 0 Å². The van der Waals surface area contributed by atoms with Crippen molar-refractivity contribution in [3.8, 4) is 0 Å². The summed E-state index contributed by atoms with van der Waals surface area (Å²) in [4.78, 5) is 2.70. The van der Waals surface area contributed by atoms with Crippen molar-refractivity contribution in [2.45, 2.75) is 72.0 Å². The third-order valence-electron chi connectivity index (χ3n) is 5.19. The van der Waals surface area contributed by atoms with Gasteiger partial charge in [-0.05, 0) is 50.3 Å². The van der Waals surface area contributed by atoms with Gasteiger partial charge in [0, 0.05) is 31.2 Å². The quantitative estimate of drug-likeness (QED) is 0.879. The van der Waals surface area contributed by atoms with Crippen molar-refractivity contribution in [1.82, 2.24) is 10.2 Å². The molecule has 1 saturated heterocycles. The zero-order valence-electron chi connectivity index (χ0n) is 14.5. The summed E-state index contributed by atoms with van der Waals surface area (Å²) in [6.45, 7) is 14.7. The molecule has 0 aliphatic carbocycles. The van der Waals surface area contributed by atoms with Crippen LogP contribution >= 0.6 is 0 Å². The van der Waals surface area contributed by atoms with Gasteiger partial charge in [0.25, 0.3) is 0 Å². The maximum atomic E-state index is 3.77. The van der Waals surface area contributed by atoms with Crippen LogP contribution in [0.1, 0.15) is 56.7 Å². The number of rotatable bonds is 5. The molecule has 2 atom stereocenters. The fraction of sp³-hybridized carbons (Fsp3) is 0.684. The second-order valence-electron chi connectivity index (χ2n) is 7.06. The molecule has 0 amide bonds. The summed E-state index contributed by atoms with van der Waals surface area (Å²) >= 11 is 0. The number of nitrogens with zero attached hydrogens (tertiary/aromatic N) is 1. The van der Waals surface area contributed by atoms with Gasteiger partial charge in [0.05, 0.1) is 0 Å². The van der Waals surface area contributed by atoms with Crippen LogP contribution in [0.15, 0.2) is 18.2 Å². The standard InChI is InChI=1S/C19H32N2/c1-6-8-18-12-20-19(5,7-2)14-21(18)13-17-10-9-15(3)16(4)11-17/h9-11,18,20H,6-8,12-14H2,1-5H3. The molecule has 0 bridgehead atoms. The molecule has 1 N–H and O–H groups in total. The molecule has 1 aliphatic heterocycles. The van der Waals surface area contributed by atoms with E-state index in [2.05, 4.69) is 63.0 Å². The molecule has 21 heavy (non-hydrogen) atoms. The molecular weight excluding hydrogens is 256 g/mol. The Morgan fingerprint density at radius 2 is 2.00 bits per heavy atom. The van der Waals surface area contributed by atoms with Gasteiger partial charge in [-0.2, -0.15) is 0 Å². The molecule has 1 fully saturated rings. The fourth-order valence-electron chi connectivity index (χ4n) is 3.30. The van der Waals surface area contributed by atoms with Gasteiger partial charge in [0.15, 0.2) is 0 Å². The Hall–Kier alpha value is -0.860. The van der Waals surface area contributed by atoms with Crippen molar-refractivity contribution >= 4 is 0 Å². The van der Waals surface area contributed by atoms with Crippen molar-refractivity contribution < 1.29 is 0 Å². The first kappa shape index (κ1) is 16.5. The third-order valence-corrected chi connectivity index (χ3v) is 5.19. The lowest BCUT2D eigenvalue weighted by molar-refractivity contribution is 0.0725. The molecule has 1 heterocycles. The van der Waals surface area contributed by atoms with Crippen LogP contribution in [0, 0.1) is 13.8 Å². The van der Waals surface area contributed by atoms with Gasteiger partial charge in [0.1, 0.15) is 0 Å². The molecule has 1 aliphatic rings. The van der Waals surface area contributed by atoms with Crippen molar-refractivity contribution in [2.75, 3.05) is 13.1 Å². The van der Waals surface area contributed by atoms with E-state index < -0.39 is 0 Å². The number of hydrogen-bond acceptors (Lipinski definition) is 2. The minimum Gasteiger partial charge on any atom is -0.309 e. The highest BCUT2D eigenvalue weighted by molar-refractivity contribution is 5.30. The molecule has 2 unspecified atom stereocenters. The lowest BCUT2D eigenvalue weighted by Crippen LogP contribution is -2.62. The van der Waals surface area contributed by atoms with Gasteiger partial charge in [-0.15, -0.1) is 0 Å². The number of hydrogen-bond donors (Lipinski definition) is 1. The van der Waals surface area contributed by atoms with E-state index in [9.17, 15) is 0 Å². The monoisotopic (exact) mass is 288 g/mol. The van der Waals surface area contributed by atoms with Crippen LogP contribution in [-0.2, 0) is 6.54 Å². The van der Waals surface area contributed by atoms with E-state index >= 15 is 0 Å². The van der Waals surface area contributed by atoms with Gasteiger partial charge in [-0.1, -0.05) is 38.5 Å². The van der Waals surface area contributed by atoms with Gasteiger partial charge in [-0.3, -0.25) is 4.90 Å². The Kier molecular flexibility index (Phi) is 5.45. The van der Waals surface area contributed by atoms with Crippen molar-refractivity contribution in [3.05, 3.63) is 34.9 Å². The van der Waals surface area contributed by atoms with E-state index in [0.717, 1.165) is 19.6 Å². The third kappa shape index (κ3) is 4.08. The van der Waals surface area contributed by atoms with E-state index in [1.807, 2.05) is 0 Å². The molecule has 1 aromatic rings. The van der Waals surface area contributed by atoms with E-state index in [1.54, 1.807) is 0 Å². The van der Waals surface area contributed by atoms with Crippen molar-refractivity contribution in [3.63, 3.8) is 0 Å². The summed E-state index contributed by atoms with van der Waals surface area (Å²) in [6, 6.07) is 7.61. The van der Waals surface area contributed by atoms with Gasteiger partial charge < -0.3 is 5.32 Å². The Balaban J connectivity index is 2.13. The Labute approximate surface area is 130 Å². The Morgan fingerprint density at radius 1 is 1.24 bits per heavy atom. The predicted molar refractivity (Wildman–Crippen MR) is 91.7 cm³/mol. The first-order valence-electron chi connectivity index (χ1n) is 8.52. The summed E-state index contributed by atoms with van der Waals surface area (Å²) in [5, 5.41) is 3.77. The maximum Gasteiger partial charge on any atom is 0.0278 e. The van der Waals surface area contributed by atoms with Gasteiger partial charge in [0.2, 0.25) is 0 Å². The van der Waals surface area contributed by atoms with Crippen molar-refractivity contribution in [1.29, 1.82) is 0 Å². The Morgan fingerprint density at radius 3 is 2.62 bits per heavy atom. The van der Waals surface area contributed by atoms with Crippen LogP contribution < -0.4 is 5.32 Å². The van der Waals surface area contributed by atoms with Crippen LogP contribution in [0.2, 0.25) is 0 Å². The minimum atomic E-state index is 0.268. The average molecular weight is 288 g/mol. The van der Waals surface area contributed by atoms with E-state index in [1.165, 1.54) is 36.0 Å².